The standard InChI is InChI=1S/C18H20O/c1-14(2)11-12-16-8-6-9-17(13-16)19-18-10-5-4-7-15(18)3/h4-14H,1-3H3/b12-11+. The molecule has 1 heteroatoms. The Balaban J connectivity index is 2.18. The summed E-state index contributed by atoms with van der Waals surface area (Å²) in [6.45, 7) is 6.40. The van der Waals surface area contributed by atoms with E-state index < -0.39 is 0 Å². The molecule has 0 aliphatic carbocycles. The molecule has 0 amide bonds. The smallest absolute Gasteiger partial charge is 0.130 e. The number of ether oxygens (including phenoxy) is 1. The average Bonchev–Trinajstić information content (AvgIpc) is 2.40. The first-order valence-corrected chi connectivity index (χ1v) is 6.67. The highest BCUT2D eigenvalue weighted by Gasteiger charge is 2.00. The highest BCUT2D eigenvalue weighted by Crippen LogP contribution is 2.25. The minimum atomic E-state index is 0.556. The Kier molecular flexibility index (Phi) is 4.40. The predicted molar refractivity (Wildman–Crippen MR) is 81.6 cm³/mol. The van der Waals surface area contributed by atoms with E-state index >= 15 is 0 Å². The highest BCUT2D eigenvalue weighted by molar-refractivity contribution is 5.52. The highest BCUT2D eigenvalue weighted by atomic mass is 16.5. The van der Waals surface area contributed by atoms with Crippen LogP contribution in [0, 0.1) is 12.8 Å². The Morgan fingerprint density at radius 3 is 2.53 bits per heavy atom. The molecule has 0 N–H and O–H groups in total. The van der Waals surface area contributed by atoms with Gasteiger partial charge in [0.2, 0.25) is 0 Å². The van der Waals surface area contributed by atoms with Crippen LogP contribution in [0.4, 0.5) is 0 Å². The molecule has 0 aliphatic heterocycles. The summed E-state index contributed by atoms with van der Waals surface area (Å²) in [6.07, 6.45) is 4.32. The number of aryl methyl sites for hydroxylation is 1. The Bertz CT molecular complexity index is 567. The fourth-order valence-corrected chi connectivity index (χ4v) is 1.78. The van der Waals surface area contributed by atoms with Gasteiger partial charge in [0.1, 0.15) is 11.5 Å². The van der Waals surface area contributed by atoms with Crippen LogP contribution in [-0.2, 0) is 0 Å². The Labute approximate surface area is 115 Å². The molecule has 2 aromatic carbocycles. The second-order valence-corrected chi connectivity index (χ2v) is 5.04. The lowest BCUT2D eigenvalue weighted by Gasteiger charge is -2.08. The fraction of sp³-hybridized carbons (Fsp3) is 0.222. The number of allylic oxidation sites excluding steroid dienone is 1. The Morgan fingerprint density at radius 1 is 1.00 bits per heavy atom. The first-order chi connectivity index (χ1) is 9.15. The van der Waals surface area contributed by atoms with E-state index in [0.717, 1.165) is 17.1 Å². The zero-order valence-corrected chi connectivity index (χ0v) is 11.8. The molecule has 1 nitrogen and oxygen atoms in total. The van der Waals surface area contributed by atoms with E-state index in [1.807, 2.05) is 30.3 Å². The summed E-state index contributed by atoms with van der Waals surface area (Å²) in [7, 11) is 0. The largest absolute Gasteiger partial charge is 0.457 e. The minimum Gasteiger partial charge on any atom is -0.457 e. The van der Waals surface area contributed by atoms with Crippen molar-refractivity contribution in [1.82, 2.24) is 0 Å². The number of rotatable bonds is 4. The van der Waals surface area contributed by atoms with Crippen LogP contribution >= 0.6 is 0 Å². The normalized spacial score (nSPS) is 11.2. The summed E-state index contributed by atoms with van der Waals surface area (Å²) in [5, 5.41) is 0. The first-order valence-electron chi connectivity index (χ1n) is 6.67. The van der Waals surface area contributed by atoms with Gasteiger partial charge >= 0.3 is 0 Å². The quantitative estimate of drug-likeness (QED) is 0.702. The topological polar surface area (TPSA) is 9.23 Å². The number of para-hydroxylation sites is 1. The maximum Gasteiger partial charge on any atom is 0.130 e. The molecular formula is C18H20O. The lowest BCUT2D eigenvalue weighted by molar-refractivity contribution is 0.479. The molecule has 2 rings (SSSR count). The van der Waals surface area contributed by atoms with E-state index in [2.05, 4.69) is 51.1 Å². The van der Waals surface area contributed by atoms with Crippen molar-refractivity contribution in [3.63, 3.8) is 0 Å². The summed E-state index contributed by atoms with van der Waals surface area (Å²) in [5.41, 5.74) is 2.31. The Hall–Kier alpha value is -2.02. The van der Waals surface area contributed by atoms with Gasteiger partial charge in [0.15, 0.2) is 0 Å². The van der Waals surface area contributed by atoms with Crippen molar-refractivity contribution in [2.24, 2.45) is 5.92 Å². The van der Waals surface area contributed by atoms with Crippen LogP contribution in [0.2, 0.25) is 0 Å². The van der Waals surface area contributed by atoms with Gasteiger partial charge in [-0.3, -0.25) is 0 Å². The fourth-order valence-electron chi connectivity index (χ4n) is 1.78. The van der Waals surface area contributed by atoms with Crippen LogP contribution in [0.25, 0.3) is 6.08 Å². The van der Waals surface area contributed by atoms with E-state index in [1.54, 1.807) is 0 Å². The molecule has 0 fully saturated rings. The van der Waals surface area contributed by atoms with Crippen molar-refractivity contribution >= 4 is 6.08 Å². The lowest BCUT2D eigenvalue weighted by Crippen LogP contribution is -1.87. The van der Waals surface area contributed by atoms with Crippen molar-refractivity contribution in [2.75, 3.05) is 0 Å². The molecule has 0 spiro atoms. The van der Waals surface area contributed by atoms with Crippen molar-refractivity contribution in [3.05, 3.63) is 65.7 Å². The van der Waals surface area contributed by atoms with Crippen LogP contribution < -0.4 is 4.74 Å². The molecule has 19 heavy (non-hydrogen) atoms. The van der Waals surface area contributed by atoms with Crippen molar-refractivity contribution in [3.8, 4) is 11.5 Å². The van der Waals surface area contributed by atoms with Crippen LogP contribution in [0.15, 0.2) is 54.6 Å². The second-order valence-electron chi connectivity index (χ2n) is 5.04. The zero-order valence-electron chi connectivity index (χ0n) is 11.8. The van der Waals surface area contributed by atoms with E-state index in [4.69, 9.17) is 4.74 Å². The van der Waals surface area contributed by atoms with Crippen LogP contribution in [-0.4, -0.2) is 0 Å². The van der Waals surface area contributed by atoms with Crippen LogP contribution in [0.3, 0.4) is 0 Å². The molecule has 0 aliphatic rings. The summed E-state index contributed by atoms with van der Waals surface area (Å²) >= 11 is 0. The van der Waals surface area contributed by atoms with Crippen LogP contribution in [0.5, 0.6) is 11.5 Å². The molecule has 0 bridgehead atoms. The van der Waals surface area contributed by atoms with E-state index in [-0.39, 0.29) is 0 Å². The molecule has 98 valence electrons. The van der Waals surface area contributed by atoms with Gasteiger partial charge in [-0.05, 0) is 42.2 Å². The minimum absolute atomic E-state index is 0.556. The predicted octanol–water partition coefficient (Wildman–Crippen LogP) is 5.46. The van der Waals surface area contributed by atoms with Crippen molar-refractivity contribution in [2.45, 2.75) is 20.8 Å². The summed E-state index contributed by atoms with van der Waals surface area (Å²) in [6, 6.07) is 16.2. The first kappa shape index (κ1) is 13.4. The molecule has 2 aromatic rings. The van der Waals surface area contributed by atoms with Gasteiger partial charge in [-0.15, -0.1) is 0 Å². The van der Waals surface area contributed by atoms with Gasteiger partial charge in [0.25, 0.3) is 0 Å². The number of hydrogen-bond donors (Lipinski definition) is 0. The maximum atomic E-state index is 5.92. The third-order valence-electron chi connectivity index (χ3n) is 2.85. The maximum absolute atomic E-state index is 5.92. The van der Waals surface area contributed by atoms with E-state index in [1.165, 1.54) is 5.56 Å². The van der Waals surface area contributed by atoms with Gasteiger partial charge in [-0.25, -0.2) is 0 Å². The summed E-state index contributed by atoms with van der Waals surface area (Å²) < 4.78 is 5.92. The Morgan fingerprint density at radius 2 is 1.79 bits per heavy atom. The molecular weight excluding hydrogens is 232 g/mol. The van der Waals surface area contributed by atoms with E-state index in [9.17, 15) is 0 Å². The second kappa shape index (κ2) is 6.24. The van der Waals surface area contributed by atoms with Gasteiger partial charge < -0.3 is 4.74 Å². The molecule has 0 atom stereocenters. The zero-order chi connectivity index (χ0) is 13.7. The summed E-state index contributed by atoms with van der Waals surface area (Å²) in [5.74, 6) is 2.34. The molecule has 0 saturated heterocycles. The van der Waals surface area contributed by atoms with Gasteiger partial charge in [-0.1, -0.05) is 56.3 Å². The van der Waals surface area contributed by atoms with E-state index in [0.29, 0.717) is 5.92 Å². The molecule has 0 radical (unpaired) electrons. The molecule has 0 aromatic heterocycles. The summed E-state index contributed by atoms with van der Waals surface area (Å²) in [4.78, 5) is 0. The average molecular weight is 252 g/mol. The SMILES string of the molecule is Cc1ccccc1Oc1cccc(/C=C/C(C)C)c1. The van der Waals surface area contributed by atoms with Gasteiger partial charge in [-0.2, -0.15) is 0 Å². The number of hydrogen-bond acceptors (Lipinski definition) is 1. The van der Waals surface area contributed by atoms with Crippen LogP contribution in [0.1, 0.15) is 25.0 Å². The molecule has 0 heterocycles. The number of benzene rings is 2. The monoisotopic (exact) mass is 252 g/mol. The van der Waals surface area contributed by atoms with Crippen molar-refractivity contribution in [1.29, 1.82) is 0 Å². The molecule has 0 unspecified atom stereocenters. The third kappa shape index (κ3) is 3.99. The third-order valence-corrected chi connectivity index (χ3v) is 2.85. The molecule has 0 saturated carbocycles. The van der Waals surface area contributed by atoms with Crippen molar-refractivity contribution < 1.29 is 4.74 Å². The van der Waals surface area contributed by atoms with Gasteiger partial charge in [0.05, 0.1) is 0 Å². The van der Waals surface area contributed by atoms with Gasteiger partial charge in [0, 0.05) is 0 Å². The lowest BCUT2D eigenvalue weighted by atomic mass is 10.1.